The highest BCUT2D eigenvalue weighted by Gasteiger charge is 2.14. The summed E-state index contributed by atoms with van der Waals surface area (Å²) in [4.78, 5) is 4.23. The molecule has 0 aliphatic heterocycles. The molecule has 160 valence electrons. The number of ether oxygens (including phenoxy) is 4. The molecule has 9 heteroatoms. The summed E-state index contributed by atoms with van der Waals surface area (Å²) < 4.78 is 21.9. The van der Waals surface area contributed by atoms with Crippen molar-refractivity contribution in [3.05, 3.63) is 41.4 Å². The molecule has 0 fully saturated rings. The first-order valence-electron chi connectivity index (χ1n) is 8.70. The number of nitrogens with zero attached hydrogens (tertiary/aromatic N) is 1. The smallest absolute Gasteiger partial charge is 0.203 e. The van der Waals surface area contributed by atoms with Crippen LogP contribution < -0.4 is 29.6 Å². The fraction of sp³-hybridized carbons (Fsp3) is 0.350. The van der Waals surface area contributed by atoms with E-state index in [0.29, 0.717) is 34.8 Å². The summed E-state index contributed by atoms with van der Waals surface area (Å²) >= 11 is 5.99. The summed E-state index contributed by atoms with van der Waals surface area (Å²) in [6.07, 6.45) is -0.100. The standard InChI is InChI=1S/C20H26ClN3O4.HI/c1-13(28-16-8-6-7-14(21)9-16)12-23-20(22-2)24-15-10-17(25-3)19(27-5)18(11-15)26-4;/h6-11,13H,12H2,1-5H3,(H2,22,23,24);1H. The number of hydrogen-bond donors (Lipinski definition) is 2. The zero-order valence-electron chi connectivity index (χ0n) is 17.1. The minimum atomic E-state index is -0.100. The second kappa shape index (κ2) is 12.5. The number of aliphatic imine (C=N–C) groups is 1. The fourth-order valence-electron chi connectivity index (χ4n) is 2.52. The van der Waals surface area contributed by atoms with E-state index in [0.717, 1.165) is 11.4 Å². The largest absolute Gasteiger partial charge is 0.493 e. The van der Waals surface area contributed by atoms with Gasteiger partial charge in [0.05, 0.1) is 27.9 Å². The monoisotopic (exact) mass is 535 g/mol. The van der Waals surface area contributed by atoms with Gasteiger partial charge >= 0.3 is 0 Å². The molecule has 2 rings (SSSR count). The van der Waals surface area contributed by atoms with Gasteiger partial charge in [0.2, 0.25) is 5.75 Å². The van der Waals surface area contributed by atoms with E-state index in [-0.39, 0.29) is 30.1 Å². The minimum absolute atomic E-state index is 0. The summed E-state index contributed by atoms with van der Waals surface area (Å²) in [5, 5.41) is 7.07. The lowest BCUT2D eigenvalue weighted by molar-refractivity contribution is 0.224. The number of methoxy groups -OCH3 is 3. The van der Waals surface area contributed by atoms with Crippen LogP contribution >= 0.6 is 35.6 Å². The minimum Gasteiger partial charge on any atom is -0.493 e. The van der Waals surface area contributed by atoms with Crippen LogP contribution in [0.5, 0.6) is 23.0 Å². The van der Waals surface area contributed by atoms with Crippen LogP contribution in [0, 0.1) is 0 Å². The predicted molar refractivity (Wildman–Crippen MR) is 128 cm³/mol. The van der Waals surface area contributed by atoms with Crippen LogP contribution in [0.15, 0.2) is 41.4 Å². The third-order valence-electron chi connectivity index (χ3n) is 3.84. The molecule has 29 heavy (non-hydrogen) atoms. The lowest BCUT2D eigenvalue weighted by atomic mass is 10.2. The van der Waals surface area contributed by atoms with Crippen molar-refractivity contribution in [2.24, 2.45) is 4.99 Å². The van der Waals surface area contributed by atoms with Crippen LogP contribution in [0.3, 0.4) is 0 Å². The summed E-state index contributed by atoms with van der Waals surface area (Å²) in [5.41, 5.74) is 0.742. The molecule has 0 radical (unpaired) electrons. The van der Waals surface area contributed by atoms with Gasteiger partial charge in [0.1, 0.15) is 11.9 Å². The number of guanidine groups is 1. The topological polar surface area (TPSA) is 73.3 Å². The van der Waals surface area contributed by atoms with Crippen LogP contribution in [0.4, 0.5) is 5.69 Å². The van der Waals surface area contributed by atoms with Crippen molar-refractivity contribution in [2.75, 3.05) is 40.2 Å². The molecule has 1 atom stereocenters. The first-order chi connectivity index (χ1) is 13.5. The highest BCUT2D eigenvalue weighted by atomic mass is 127. The van der Waals surface area contributed by atoms with Gasteiger partial charge in [-0.3, -0.25) is 4.99 Å². The van der Waals surface area contributed by atoms with Crippen LogP contribution in [0.1, 0.15) is 6.92 Å². The molecule has 0 spiro atoms. The number of halogens is 2. The second-order valence-electron chi connectivity index (χ2n) is 5.88. The molecule has 0 amide bonds. The predicted octanol–water partition coefficient (Wildman–Crippen LogP) is 4.44. The van der Waals surface area contributed by atoms with Crippen molar-refractivity contribution in [1.29, 1.82) is 0 Å². The molecule has 0 aliphatic rings. The molecule has 2 aromatic rings. The van der Waals surface area contributed by atoms with Gasteiger partial charge in [-0.25, -0.2) is 0 Å². The number of hydrogen-bond acceptors (Lipinski definition) is 5. The first-order valence-corrected chi connectivity index (χ1v) is 9.08. The average molecular weight is 536 g/mol. The van der Waals surface area contributed by atoms with Crippen LogP contribution in [-0.4, -0.2) is 47.0 Å². The fourth-order valence-corrected chi connectivity index (χ4v) is 2.70. The Kier molecular flexibility index (Phi) is 10.7. The first kappa shape index (κ1) is 25.0. The third kappa shape index (κ3) is 7.36. The van der Waals surface area contributed by atoms with Crippen LogP contribution in [0.2, 0.25) is 5.02 Å². The number of anilines is 1. The summed E-state index contributed by atoms with van der Waals surface area (Å²) in [6.45, 7) is 2.50. The zero-order chi connectivity index (χ0) is 20.5. The Bertz CT molecular complexity index is 795. The maximum absolute atomic E-state index is 5.99. The van der Waals surface area contributed by atoms with Crippen molar-refractivity contribution in [3.63, 3.8) is 0 Å². The van der Waals surface area contributed by atoms with E-state index in [9.17, 15) is 0 Å². The quantitative estimate of drug-likeness (QED) is 0.296. The molecular formula is C20H27ClIN3O4. The highest BCUT2D eigenvalue weighted by Crippen LogP contribution is 2.39. The second-order valence-corrected chi connectivity index (χ2v) is 6.31. The van der Waals surface area contributed by atoms with Crippen molar-refractivity contribution in [2.45, 2.75) is 13.0 Å². The maximum atomic E-state index is 5.99. The van der Waals surface area contributed by atoms with E-state index >= 15 is 0 Å². The molecule has 0 saturated carbocycles. The average Bonchev–Trinajstić information content (AvgIpc) is 2.70. The molecular weight excluding hydrogens is 509 g/mol. The van der Waals surface area contributed by atoms with Gasteiger partial charge in [0.15, 0.2) is 17.5 Å². The van der Waals surface area contributed by atoms with Crippen molar-refractivity contribution in [1.82, 2.24) is 5.32 Å². The molecule has 0 aliphatic carbocycles. The van der Waals surface area contributed by atoms with Gasteiger partial charge in [-0.1, -0.05) is 17.7 Å². The van der Waals surface area contributed by atoms with Gasteiger partial charge < -0.3 is 29.6 Å². The van der Waals surface area contributed by atoms with Crippen LogP contribution in [-0.2, 0) is 0 Å². The Morgan fingerprint density at radius 3 is 2.24 bits per heavy atom. The number of rotatable bonds is 8. The summed E-state index contributed by atoms with van der Waals surface area (Å²) in [7, 11) is 6.40. The number of nitrogens with one attached hydrogen (secondary N) is 2. The maximum Gasteiger partial charge on any atom is 0.203 e. The van der Waals surface area contributed by atoms with Gasteiger partial charge in [-0.05, 0) is 25.1 Å². The normalized spacial score (nSPS) is 11.7. The van der Waals surface area contributed by atoms with E-state index in [1.54, 1.807) is 52.6 Å². The van der Waals surface area contributed by atoms with E-state index < -0.39 is 0 Å². The Morgan fingerprint density at radius 1 is 1.07 bits per heavy atom. The molecule has 1 unspecified atom stereocenters. The SMILES string of the molecule is CN=C(NCC(C)Oc1cccc(Cl)c1)Nc1cc(OC)c(OC)c(OC)c1.I. The lowest BCUT2D eigenvalue weighted by Crippen LogP contribution is -2.37. The van der Waals surface area contributed by atoms with Gasteiger partial charge in [0, 0.05) is 29.9 Å². The van der Waals surface area contributed by atoms with Crippen molar-refractivity contribution < 1.29 is 18.9 Å². The molecule has 0 heterocycles. The Morgan fingerprint density at radius 2 is 1.72 bits per heavy atom. The molecule has 2 N–H and O–H groups in total. The molecule has 0 aromatic heterocycles. The van der Waals surface area contributed by atoms with E-state index in [1.165, 1.54) is 0 Å². The zero-order valence-corrected chi connectivity index (χ0v) is 20.2. The van der Waals surface area contributed by atoms with Crippen molar-refractivity contribution >= 4 is 47.2 Å². The van der Waals surface area contributed by atoms with E-state index in [4.69, 9.17) is 30.5 Å². The molecule has 0 bridgehead atoms. The molecule has 7 nitrogen and oxygen atoms in total. The van der Waals surface area contributed by atoms with Crippen molar-refractivity contribution in [3.8, 4) is 23.0 Å². The number of benzene rings is 2. The van der Waals surface area contributed by atoms with Gasteiger partial charge in [-0.2, -0.15) is 0 Å². The van der Waals surface area contributed by atoms with Crippen LogP contribution in [0.25, 0.3) is 0 Å². The summed E-state index contributed by atoms with van der Waals surface area (Å²) in [6, 6.07) is 10.9. The third-order valence-corrected chi connectivity index (χ3v) is 4.08. The lowest BCUT2D eigenvalue weighted by Gasteiger charge is -2.19. The van der Waals surface area contributed by atoms with E-state index in [1.807, 2.05) is 19.1 Å². The Hall–Kier alpha value is -2.07. The molecule has 2 aromatic carbocycles. The highest BCUT2D eigenvalue weighted by molar-refractivity contribution is 14.0. The Balaban J connectivity index is 0.00000420. The van der Waals surface area contributed by atoms with Gasteiger partial charge in [-0.15, -0.1) is 24.0 Å². The van der Waals surface area contributed by atoms with E-state index in [2.05, 4.69) is 15.6 Å². The van der Waals surface area contributed by atoms with Gasteiger partial charge in [0.25, 0.3) is 0 Å². The summed E-state index contributed by atoms with van der Waals surface area (Å²) in [5.74, 6) is 2.93. The Labute approximate surface area is 193 Å². The molecule has 0 saturated heterocycles.